The van der Waals surface area contributed by atoms with E-state index in [2.05, 4.69) is 5.32 Å². The molecule has 126 valence electrons. The van der Waals surface area contributed by atoms with Crippen molar-refractivity contribution in [3.8, 4) is 0 Å². The fraction of sp³-hybridized carbons (Fsp3) is 0.600. The van der Waals surface area contributed by atoms with Crippen LogP contribution in [-0.4, -0.2) is 44.8 Å². The number of para-hydroxylation sites is 1. The molecular weight excluding hydrogens is 318 g/mol. The molecule has 2 fully saturated rings. The lowest BCUT2D eigenvalue weighted by Gasteiger charge is -2.34. The Labute approximate surface area is 135 Å². The SMILES string of the molecule is CS(=O)(=O)c1cccc(N2CCC(NC3CC3)CC2)c1[N+](=O)[O-]. The molecule has 1 aliphatic carbocycles. The highest BCUT2D eigenvalue weighted by molar-refractivity contribution is 7.90. The molecule has 1 N–H and O–H groups in total. The first kappa shape index (κ1) is 16.2. The van der Waals surface area contributed by atoms with E-state index in [-0.39, 0.29) is 10.6 Å². The normalized spacial score (nSPS) is 19.8. The van der Waals surface area contributed by atoms with Crippen molar-refractivity contribution in [2.45, 2.75) is 42.7 Å². The summed E-state index contributed by atoms with van der Waals surface area (Å²) < 4.78 is 23.7. The Morgan fingerprint density at radius 2 is 1.78 bits per heavy atom. The second-order valence-corrected chi connectivity index (χ2v) is 8.34. The van der Waals surface area contributed by atoms with Crippen molar-refractivity contribution in [3.05, 3.63) is 28.3 Å². The first-order valence-electron chi connectivity index (χ1n) is 7.84. The second-order valence-electron chi connectivity index (χ2n) is 6.36. The van der Waals surface area contributed by atoms with E-state index >= 15 is 0 Å². The molecule has 1 aromatic rings. The Morgan fingerprint density at radius 1 is 1.17 bits per heavy atom. The fourth-order valence-corrected chi connectivity index (χ4v) is 3.98. The van der Waals surface area contributed by atoms with Gasteiger partial charge in [-0.15, -0.1) is 0 Å². The number of nitrogens with one attached hydrogen (secondary N) is 1. The zero-order valence-corrected chi connectivity index (χ0v) is 13.9. The zero-order valence-electron chi connectivity index (χ0n) is 13.1. The van der Waals surface area contributed by atoms with E-state index in [1.165, 1.54) is 18.9 Å². The van der Waals surface area contributed by atoms with Gasteiger partial charge in [0.1, 0.15) is 10.6 Å². The van der Waals surface area contributed by atoms with Gasteiger partial charge in [0.15, 0.2) is 9.84 Å². The van der Waals surface area contributed by atoms with E-state index in [4.69, 9.17) is 0 Å². The highest BCUT2D eigenvalue weighted by atomic mass is 32.2. The maximum Gasteiger partial charge on any atom is 0.311 e. The standard InChI is InChI=1S/C15H21N3O4S/c1-23(21,22)14-4-2-3-13(15(14)18(19)20)17-9-7-12(8-10-17)16-11-5-6-11/h2-4,11-12,16H,5-10H2,1H3. The number of nitro groups is 1. The van der Waals surface area contributed by atoms with Gasteiger partial charge in [-0.25, -0.2) is 8.42 Å². The van der Waals surface area contributed by atoms with Crippen LogP contribution in [0.15, 0.2) is 23.1 Å². The molecule has 2 aliphatic rings. The minimum Gasteiger partial charge on any atom is -0.366 e. The van der Waals surface area contributed by atoms with Gasteiger partial charge < -0.3 is 10.2 Å². The summed E-state index contributed by atoms with van der Waals surface area (Å²) in [6.45, 7) is 1.39. The summed E-state index contributed by atoms with van der Waals surface area (Å²) in [6.07, 6.45) is 5.31. The molecule has 1 aromatic carbocycles. The van der Waals surface area contributed by atoms with Gasteiger partial charge in [0.05, 0.1) is 4.92 Å². The summed E-state index contributed by atoms with van der Waals surface area (Å²) in [5, 5.41) is 15.0. The largest absolute Gasteiger partial charge is 0.366 e. The topological polar surface area (TPSA) is 92.6 Å². The summed E-state index contributed by atoms with van der Waals surface area (Å²) in [6, 6.07) is 5.62. The molecule has 1 saturated heterocycles. The predicted molar refractivity (Wildman–Crippen MR) is 87.6 cm³/mol. The number of nitrogens with zero attached hydrogens (tertiary/aromatic N) is 2. The average Bonchev–Trinajstić information content (AvgIpc) is 3.30. The quantitative estimate of drug-likeness (QED) is 0.648. The number of hydrogen-bond donors (Lipinski definition) is 1. The van der Waals surface area contributed by atoms with Crippen molar-refractivity contribution in [1.29, 1.82) is 0 Å². The van der Waals surface area contributed by atoms with E-state index in [0.717, 1.165) is 19.1 Å². The number of rotatable bonds is 5. The van der Waals surface area contributed by atoms with Gasteiger partial charge in [0.2, 0.25) is 0 Å². The number of piperidine rings is 1. The van der Waals surface area contributed by atoms with E-state index in [0.29, 0.717) is 30.9 Å². The molecular formula is C15H21N3O4S. The van der Waals surface area contributed by atoms with Gasteiger partial charge in [0.25, 0.3) is 0 Å². The van der Waals surface area contributed by atoms with E-state index in [1.807, 2.05) is 4.90 Å². The van der Waals surface area contributed by atoms with Crippen molar-refractivity contribution in [3.63, 3.8) is 0 Å². The third-order valence-electron chi connectivity index (χ3n) is 4.44. The molecule has 1 aliphatic heterocycles. The third kappa shape index (κ3) is 3.64. The number of benzene rings is 1. The van der Waals surface area contributed by atoms with Crippen LogP contribution < -0.4 is 10.2 Å². The van der Waals surface area contributed by atoms with Crippen LogP contribution in [0.1, 0.15) is 25.7 Å². The summed E-state index contributed by atoms with van der Waals surface area (Å²) in [5.74, 6) is 0. The van der Waals surface area contributed by atoms with Gasteiger partial charge in [-0.05, 0) is 37.8 Å². The summed E-state index contributed by atoms with van der Waals surface area (Å²) in [4.78, 5) is 12.6. The van der Waals surface area contributed by atoms with Crippen LogP contribution in [0.25, 0.3) is 0 Å². The molecule has 0 unspecified atom stereocenters. The van der Waals surface area contributed by atoms with Gasteiger partial charge in [-0.2, -0.15) is 0 Å². The maximum atomic E-state index is 11.8. The Bertz CT molecular complexity index is 707. The van der Waals surface area contributed by atoms with E-state index in [1.54, 1.807) is 12.1 Å². The summed E-state index contributed by atoms with van der Waals surface area (Å²) >= 11 is 0. The average molecular weight is 339 g/mol. The molecule has 8 heteroatoms. The zero-order chi connectivity index (χ0) is 16.6. The van der Waals surface area contributed by atoms with Crippen molar-refractivity contribution >= 4 is 21.2 Å². The van der Waals surface area contributed by atoms with Gasteiger partial charge in [-0.1, -0.05) is 6.07 Å². The van der Waals surface area contributed by atoms with Crippen molar-refractivity contribution in [2.75, 3.05) is 24.2 Å². The van der Waals surface area contributed by atoms with Crippen LogP contribution in [0.5, 0.6) is 0 Å². The molecule has 23 heavy (non-hydrogen) atoms. The smallest absolute Gasteiger partial charge is 0.311 e. The Morgan fingerprint density at radius 3 is 2.30 bits per heavy atom. The molecule has 0 bridgehead atoms. The molecule has 7 nitrogen and oxygen atoms in total. The highest BCUT2D eigenvalue weighted by Crippen LogP contribution is 2.36. The van der Waals surface area contributed by atoms with Gasteiger partial charge in [-0.3, -0.25) is 10.1 Å². The lowest BCUT2D eigenvalue weighted by Crippen LogP contribution is -2.43. The fourth-order valence-electron chi connectivity index (χ4n) is 3.12. The minimum atomic E-state index is -3.64. The van der Waals surface area contributed by atoms with Crippen LogP contribution >= 0.6 is 0 Å². The first-order valence-corrected chi connectivity index (χ1v) is 9.74. The monoisotopic (exact) mass is 339 g/mol. The molecule has 1 heterocycles. The number of anilines is 1. The Hall–Kier alpha value is -1.67. The van der Waals surface area contributed by atoms with Crippen molar-refractivity contribution < 1.29 is 13.3 Å². The number of hydrogen-bond acceptors (Lipinski definition) is 6. The molecule has 3 rings (SSSR count). The van der Waals surface area contributed by atoms with Crippen LogP contribution in [0, 0.1) is 10.1 Å². The maximum absolute atomic E-state index is 11.8. The van der Waals surface area contributed by atoms with Gasteiger partial charge in [0, 0.05) is 31.4 Å². The Kier molecular flexibility index (Phi) is 4.29. The molecule has 0 atom stereocenters. The second kappa shape index (κ2) is 6.09. The number of nitro benzene ring substituents is 1. The first-order chi connectivity index (χ1) is 10.9. The molecule has 0 amide bonds. The lowest BCUT2D eigenvalue weighted by atomic mass is 10.0. The lowest BCUT2D eigenvalue weighted by molar-refractivity contribution is -0.387. The van der Waals surface area contributed by atoms with Crippen LogP contribution in [0.2, 0.25) is 0 Å². The summed E-state index contributed by atoms with van der Waals surface area (Å²) in [7, 11) is -3.64. The van der Waals surface area contributed by atoms with Crippen LogP contribution in [-0.2, 0) is 9.84 Å². The third-order valence-corrected chi connectivity index (χ3v) is 5.57. The minimum absolute atomic E-state index is 0.210. The number of sulfone groups is 1. The van der Waals surface area contributed by atoms with E-state index < -0.39 is 14.8 Å². The van der Waals surface area contributed by atoms with Crippen LogP contribution in [0.4, 0.5) is 11.4 Å². The molecule has 0 radical (unpaired) electrons. The molecule has 0 spiro atoms. The van der Waals surface area contributed by atoms with Crippen LogP contribution in [0.3, 0.4) is 0 Å². The molecule has 1 saturated carbocycles. The predicted octanol–water partition coefficient (Wildman–Crippen LogP) is 1.72. The summed E-state index contributed by atoms with van der Waals surface area (Å²) in [5.41, 5.74) is 0.103. The Balaban J connectivity index is 1.83. The van der Waals surface area contributed by atoms with Gasteiger partial charge >= 0.3 is 5.69 Å². The molecule has 0 aromatic heterocycles. The van der Waals surface area contributed by atoms with E-state index in [9.17, 15) is 18.5 Å². The van der Waals surface area contributed by atoms with Crippen molar-refractivity contribution in [2.24, 2.45) is 0 Å². The van der Waals surface area contributed by atoms with Crippen molar-refractivity contribution in [1.82, 2.24) is 5.32 Å². The highest BCUT2D eigenvalue weighted by Gasteiger charge is 2.32.